The number of aliphatic imine (C=N–C) groups is 1. The van der Waals surface area contributed by atoms with Gasteiger partial charge in [-0.2, -0.15) is 11.8 Å². The summed E-state index contributed by atoms with van der Waals surface area (Å²) >= 11 is 2.09. The lowest BCUT2D eigenvalue weighted by molar-refractivity contribution is -0.142. The zero-order chi connectivity index (χ0) is 20.8. The Morgan fingerprint density at radius 3 is 2.37 bits per heavy atom. The Morgan fingerprint density at radius 1 is 1.03 bits per heavy atom. The highest BCUT2D eigenvalue weighted by Gasteiger charge is 2.39. The molecule has 7 nitrogen and oxygen atoms in total. The molecule has 0 aromatic rings. The van der Waals surface area contributed by atoms with Crippen LogP contribution in [0.2, 0.25) is 0 Å². The SMILES string of the molecule is CN=C(NCC1(N2CCSCC2)CCCCC1)N1CCN(C(=O)C2CCCO2)CC1. The van der Waals surface area contributed by atoms with E-state index in [2.05, 4.69) is 31.9 Å². The molecule has 0 bridgehead atoms. The number of nitrogens with one attached hydrogen (secondary N) is 1. The molecule has 170 valence electrons. The fourth-order valence-electron chi connectivity index (χ4n) is 5.54. The predicted octanol–water partition coefficient (Wildman–Crippen LogP) is 1.64. The molecule has 4 aliphatic rings. The van der Waals surface area contributed by atoms with Crippen LogP contribution in [0.3, 0.4) is 0 Å². The molecule has 4 rings (SSSR count). The zero-order valence-electron chi connectivity index (χ0n) is 18.6. The molecule has 0 aromatic carbocycles. The highest BCUT2D eigenvalue weighted by Crippen LogP contribution is 2.35. The minimum atomic E-state index is -0.206. The van der Waals surface area contributed by atoms with Crippen LogP contribution in [-0.2, 0) is 9.53 Å². The number of hydrogen-bond acceptors (Lipinski definition) is 5. The van der Waals surface area contributed by atoms with Gasteiger partial charge in [0.1, 0.15) is 6.10 Å². The first-order chi connectivity index (χ1) is 14.7. The van der Waals surface area contributed by atoms with Crippen molar-refractivity contribution in [3.05, 3.63) is 0 Å². The van der Waals surface area contributed by atoms with Crippen molar-refractivity contribution in [2.75, 3.05) is 71.0 Å². The summed E-state index contributed by atoms with van der Waals surface area (Å²) in [6, 6.07) is 0. The van der Waals surface area contributed by atoms with Gasteiger partial charge in [0.25, 0.3) is 5.91 Å². The number of hydrogen-bond donors (Lipinski definition) is 1. The molecule has 1 N–H and O–H groups in total. The lowest BCUT2D eigenvalue weighted by atomic mass is 9.80. The number of carbonyl (C=O) groups is 1. The number of guanidine groups is 1. The lowest BCUT2D eigenvalue weighted by Crippen LogP contribution is -2.61. The Balaban J connectivity index is 1.31. The standard InChI is InChI=1S/C22H39N5O2S/c1-23-21(26-11-9-25(10-12-26)20(28)19-6-5-15-29-19)24-18-22(7-3-2-4-8-22)27-13-16-30-17-14-27/h19H,2-18H2,1H3,(H,23,24). The van der Waals surface area contributed by atoms with Crippen molar-refractivity contribution in [3.8, 4) is 0 Å². The topological polar surface area (TPSA) is 60.4 Å². The Labute approximate surface area is 186 Å². The fourth-order valence-corrected chi connectivity index (χ4v) is 6.45. The molecular formula is C22H39N5O2S. The normalized spacial score (nSPS) is 28.6. The number of thioether (sulfide) groups is 1. The van der Waals surface area contributed by atoms with Crippen LogP contribution >= 0.6 is 11.8 Å². The van der Waals surface area contributed by atoms with Crippen LogP contribution in [0.1, 0.15) is 44.9 Å². The summed E-state index contributed by atoms with van der Waals surface area (Å²) in [5, 5.41) is 3.75. The van der Waals surface area contributed by atoms with Crippen molar-refractivity contribution in [2.24, 2.45) is 4.99 Å². The number of piperazine rings is 1. The van der Waals surface area contributed by atoms with Crippen LogP contribution in [-0.4, -0.2) is 109 Å². The summed E-state index contributed by atoms with van der Waals surface area (Å²) in [6.07, 6.45) is 8.32. The van der Waals surface area contributed by atoms with Crippen molar-refractivity contribution < 1.29 is 9.53 Å². The van der Waals surface area contributed by atoms with E-state index in [9.17, 15) is 4.79 Å². The summed E-state index contributed by atoms with van der Waals surface area (Å²) in [6.45, 7) is 7.34. The van der Waals surface area contributed by atoms with Crippen LogP contribution < -0.4 is 5.32 Å². The molecule has 3 aliphatic heterocycles. The first kappa shape index (κ1) is 22.2. The van der Waals surface area contributed by atoms with Crippen molar-refractivity contribution in [1.82, 2.24) is 20.0 Å². The first-order valence-electron chi connectivity index (χ1n) is 11.9. The molecule has 0 radical (unpaired) electrons. The van der Waals surface area contributed by atoms with E-state index >= 15 is 0 Å². The first-order valence-corrected chi connectivity index (χ1v) is 13.1. The lowest BCUT2D eigenvalue weighted by Gasteiger charge is -2.49. The van der Waals surface area contributed by atoms with Gasteiger partial charge in [0.05, 0.1) is 0 Å². The van der Waals surface area contributed by atoms with Gasteiger partial charge in [0, 0.05) is 76.5 Å². The smallest absolute Gasteiger partial charge is 0.251 e. The maximum absolute atomic E-state index is 12.6. The van der Waals surface area contributed by atoms with Crippen LogP contribution in [0.5, 0.6) is 0 Å². The van der Waals surface area contributed by atoms with Gasteiger partial charge >= 0.3 is 0 Å². The quantitative estimate of drug-likeness (QED) is 0.533. The highest BCUT2D eigenvalue weighted by molar-refractivity contribution is 7.99. The van der Waals surface area contributed by atoms with Gasteiger partial charge in [-0.25, -0.2) is 0 Å². The van der Waals surface area contributed by atoms with Gasteiger partial charge in [-0.1, -0.05) is 19.3 Å². The summed E-state index contributed by atoms with van der Waals surface area (Å²) < 4.78 is 5.59. The van der Waals surface area contributed by atoms with Crippen LogP contribution in [0, 0.1) is 0 Å². The summed E-state index contributed by atoms with van der Waals surface area (Å²) in [4.78, 5) is 24.3. The molecule has 0 spiro atoms. The minimum absolute atomic E-state index is 0.180. The molecule has 3 heterocycles. The Kier molecular flexibility index (Phi) is 7.81. The van der Waals surface area contributed by atoms with Crippen molar-refractivity contribution >= 4 is 23.6 Å². The van der Waals surface area contributed by atoms with Crippen molar-refractivity contribution in [2.45, 2.75) is 56.6 Å². The van der Waals surface area contributed by atoms with E-state index in [1.54, 1.807) is 0 Å². The Hall–Kier alpha value is -0.990. The molecule has 30 heavy (non-hydrogen) atoms. The molecule has 1 unspecified atom stereocenters. The van der Waals surface area contributed by atoms with Gasteiger partial charge < -0.3 is 19.9 Å². The summed E-state index contributed by atoms with van der Waals surface area (Å²) in [5.41, 5.74) is 0.284. The Bertz CT molecular complexity index is 590. The third-order valence-electron chi connectivity index (χ3n) is 7.35. The summed E-state index contributed by atoms with van der Waals surface area (Å²) in [7, 11) is 1.89. The molecular weight excluding hydrogens is 398 g/mol. The van der Waals surface area contributed by atoms with Gasteiger partial charge in [-0.15, -0.1) is 0 Å². The van der Waals surface area contributed by atoms with E-state index in [-0.39, 0.29) is 17.6 Å². The number of rotatable bonds is 4. The van der Waals surface area contributed by atoms with Crippen molar-refractivity contribution in [3.63, 3.8) is 0 Å². The molecule has 0 aromatic heterocycles. The molecule has 1 amide bonds. The average Bonchev–Trinajstić information content (AvgIpc) is 3.36. The molecule has 1 saturated carbocycles. The van der Waals surface area contributed by atoms with Gasteiger partial charge in [-0.3, -0.25) is 14.7 Å². The van der Waals surface area contributed by atoms with Crippen LogP contribution in [0.4, 0.5) is 0 Å². The van der Waals surface area contributed by atoms with Gasteiger partial charge in [0.15, 0.2) is 5.96 Å². The van der Waals surface area contributed by atoms with E-state index in [0.29, 0.717) is 0 Å². The predicted molar refractivity (Wildman–Crippen MR) is 123 cm³/mol. The van der Waals surface area contributed by atoms with Crippen molar-refractivity contribution in [1.29, 1.82) is 0 Å². The van der Waals surface area contributed by atoms with Crippen LogP contribution in [0.15, 0.2) is 4.99 Å². The Morgan fingerprint density at radius 2 is 1.73 bits per heavy atom. The minimum Gasteiger partial charge on any atom is -0.368 e. The van der Waals surface area contributed by atoms with E-state index in [1.165, 1.54) is 56.7 Å². The maximum Gasteiger partial charge on any atom is 0.251 e. The zero-order valence-corrected chi connectivity index (χ0v) is 19.4. The number of carbonyl (C=O) groups excluding carboxylic acids is 1. The second kappa shape index (κ2) is 10.6. The number of ether oxygens (including phenoxy) is 1. The third kappa shape index (κ3) is 5.07. The fraction of sp³-hybridized carbons (Fsp3) is 0.909. The largest absolute Gasteiger partial charge is 0.368 e. The molecule has 4 fully saturated rings. The van der Waals surface area contributed by atoms with E-state index in [1.807, 2.05) is 11.9 Å². The van der Waals surface area contributed by atoms with Crippen LogP contribution in [0.25, 0.3) is 0 Å². The second-order valence-corrected chi connectivity index (χ2v) is 10.3. The summed E-state index contributed by atoms with van der Waals surface area (Å²) in [5.74, 6) is 3.70. The van der Waals surface area contributed by atoms with E-state index in [4.69, 9.17) is 4.74 Å². The average molecular weight is 438 g/mol. The monoisotopic (exact) mass is 437 g/mol. The highest BCUT2D eigenvalue weighted by atomic mass is 32.2. The van der Waals surface area contributed by atoms with E-state index < -0.39 is 0 Å². The molecule has 1 atom stereocenters. The molecule has 3 saturated heterocycles. The molecule has 8 heteroatoms. The third-order valence-corrected chi connectivity index (χ3v) is 8.29. The number of amides is 1. The van der Waals surface area contributed by atoms with Gasteiger partial charge in [0.2, 0.25) is 0 Å². The number of nitrogens with zero attached hydrogens (tertiary/aromatic N) is 4. The molecule has 1 aliphatic carbocycles. The second-order valence-electron chi connectivity index (χ2n) is 9.10. The van der Waals surface area contributed by atoms with E-state index in [0.717, 1.165) is 58.1 Å². The van der Waals surface area contributed by atoms with Gasteiger partial charge in [-0.05, 0) is 25.7 Å². The maximum atomic E-state index is 12.6.